The van der Waals surface area contributed by atoms with Crippen LogP contribution in [-0.4, -0.2) is 31.3 Å². The van der Waals surface area contributed by atoms with Gasteiger partial charge in [0.05, 0.1) is 6.42 Å². The van der Waals surface area contributed by atoms with E-state index in [1.165, 1.54) is 6.08 Å². The summed E-state index contributed by atoms with van der Waals surface area (Å²) in [4.78, 5) is 37.3. The number of carbonyl (C=O) groups is 3. The van der Waals surface area contributed by atoms with Gasteiger partial charge in [-0.2, -0.15) is 0 Å². The number of anilines is 1. The molecule has 0 saturated heterocycles. The van der Waals surface area contributed by atoms with Crippen LogP contribution in [0.4, 0.5) is 5.69 Å². The van der Waals surface area contributed by atoms with E-state index in [1.807, 2.05) is 31.2 Å². The summed E-state index contributed by atoms with van der Waals surface area (Å²) in [5.41, 5.74) is 4.04. The lowest BCUT2D eigenvalue weighted by Crippen LogP contribution is -2.20. The number of ether oxygens (including phenoxy) is 1. The Morgan fingerprint density at radius 3 is 2.77 bits per heavy atom. The van der Waals surface area contributed by atoms with Crippen molar-refractivity contribution in [3.63, 3.8) is 0 Å². The minimum absolute atomic E-state index is 0.00249. The van der Waals surface area contributed by atoms with Crippen molar-refractivity contribution in [1.29, 1.82) is 0 Å². The van der Waals surface area contributed by atoms with Crippen molar-refractivity contribution in [2.75, 3.05) is 18.6 Å². The number of likely N-dealkylation sites (N-methyl/N-ethyl adjacent to an activating group) is 1. The Morgan fingerprint density at radius 1 is 1.19 bits per heavy atom. The highest BCUT2D eigenvalue weighted by atomic mass is 16.5. The fraction of sp³-hybridized carbons (Fsp3) is 0.190. The number of hydrogen-bond donors (Lipinski definition) is 0. The quantitative estimate of drug-likeness (QED) is 0.473. The van der Waals surface area contributed by atoms with E-state index in [4.69, 9.17) is 4.74 Å². The zero-order valence-electron chi connectivity index (χ0n) is 14.7. The monoisotopic (exact) mass is 349 g/mol. The summed E-state index contributed by atoms with van der Waals surface area (Å²) in [7, 11) is 1.71. The Bertz CT molecular complexity index is 914. The molecule has 2 aromatic carbocycles. The third-order valence-corrected chi connectivity index (χ3v) is 4.28. The molecule has 26 heavy (non-hydrogen) atoms. The van der Waals surface area contributed by atoms with E-state index < -0.39 is 5.97 Å². The van der Waals surface area contributed by atoms with Crippen LogP contribution in [0.3, 0.4) is 0 Å². The molecule has 3 rings (SSSR count). The van der Waals surface area contributed by atoms with Gasteiger partial charge in [-0.15, -0.1) is 0 Å². The van der Waals surface area contributed by atoms with Gasteiger partial charge in [-0.25, -0.2) is 4.79 Å². The van der Waals surface area contributed by atoms with Crippen molar-refractivity contribution in [3.8, 4) is 0 Å². The summed E-state index contributed by atoms with van der Waals surface area (Å²) in [5.74, 6) is -0.875. The number of hydrogen-bond acceptors (Lipinski definition) is 4. The topological polar surface area (TPSA) is 63.7 Å². The van der Waals surface area contributed by atoms with Crippen molar-refractivity contribution in [1.82, 2.24) is 0 Å². The first-order chi connectivity index (χ1) is 12.4. The first kappa shape index (κ1) is 17.6. The van der Waals surface area contributed by atoms with Gasteiger partial charge in [0.2, 0.25) is 5.91 Å². The number of rotatable bonds is 5. The molecule has 0 unspecified atom stereocenters. The second-order valence-corrected chi connectivity index (χ2v) is 6.25. The zero-order chi connectivity index (χ0) is 18.7. The fourth-order valence-corrected chi connectivity index (χ4v) is 2.85. The number of esters is 1. The molecule has 132 valence electrons. The van der Waals surface area contributed by atoms with Crippen LogP contribution >= 0.6 is 0 Å². The van der Waals surface area contributed by atoms with Gasteiger partial charge in [0.1, 0.15) is 0 Å². The lowest BCUT2D eigenvalue weighted by Gasteiger charge is -2.10. The van der Waals surface area contributed by atoms with E-state index in [2.05, 4.69) is 0 Å². The van der Waals surface area contributed by atoms with E-state index in [-0.39, 0.29) is 24.7 Å². The summed E-state index contributed by atoms with van der Waals surface area (Å²) >= 11 is 0. The van der Waals surface area contributed by atoms with Crippen molar-refractivity contribution >= 4 is 29.4 Å². The average molecular weight is 349 g/mol. The molecule has 0 fully saturated rings. The van der Waals surface area contributed by atoms with Crippen LogP contribution in [0, 0.1) is 6.92 Å². The van der Waals surface area contributed by atoms with E-state index in [0.717, 1.165) is 22.4 Å². The Hall–Kier alpha value is -3.21. The second kappa shape index (κ2) is 7.35. The van der Waals surface area contributed by atoms with Crippen LogP contribution in [0.2, 0.25) is 0 Å². The summed E-state index contributed by atoms with van der Waals surface area (Å²) in [6.45, 7) is 1.63. The maximum atomic E-state index is 12.2. The van der Waals surface area contributed by atoms with Crippen molar-refractivity contribution < 1.29 is 19.1 Å². The lowest BCUT2D eigenvalue weighted by molar-refractivity contribution is -0.136. The predicted octanol–water partition coefficient (Wildman–Crippen LogP) is 2.95. The van der Waals surface area contributed by atoms with E-state index in [1.54, 1.807) is 36.2 Å². The van der Waals surface area contributed by atoms with Crippen molar-refractivity contribution in [3.05, 3.63) is 70.8 Å². The predicted molar refractivity (Wildman–Crippen MR) is 99.1 cm³/mol. The molecule has 0 bridgehead atoms. The van der Waals surface area contributed by atoms with Crippen LogP contribution in [0.25, 0.3) is 6.08 Å². The van der Waals surface area contributed by atoms with E-state index in [0.29, 0.717) is 5.56 Å². The van der Waals surface area contributed by atoms with Gasteiger partial charge in [-0.05, 0) is 42.3 Å². The number of nitrogens with zero attached hydrogens (tertiary/aromatic N) is 1. The zero-order valence-corrected chi connectivity index (χ0v) is 14.7. The van der Waals surface area contributed by atoms with Gasteiger partial charge >= 0.3 is 5.97 Å². The summed E-state index contributed by atoms with van der Waals surface area (Å²) in [6, 6.07) is 12.8. The number of ketones is 1. The van der Waals surface area contributed by atoms with Gasteiger partial charge in [0.15, 0.2) is 12.4 Å². The molecule has 1 amide bonds. The molecule has 1 aliphatic rings. The number of fused-ring (bicyclic) bond motifs is 1. The molecule has 0 radical (unpaired) electrons. The van der Waals surface area contributed by atoms with Gasteiger partial charge in [-0.3, -0.25) is 9.59 Å². The lowest BCUT2D eigenvalue weighted by atomic mass is 10.1. The molecule has 1 aliphatic heterocycles. The highest BCUT2D eigenvalue weighted by Crippen LogP contribution is 2.28. The number of amides is 1. The highest BCUT2D eigenvalue weighted by Gasteiger charge is 2.24. The van der Waals surface area contributed by atoms with Crippen LogP contribution in [0.5, 0.6) is 0 Å². The highest BCUT2D eigenvalue weighted by molar-refractivity contribution is 6.04. The Morgan fingerprint density at radius 2 is 2.00 bits per heavy atom. The normalized spacial score (nSPS) is 13.2. The molecule has 5 heteroatoms. The molecule has 0 spiro atoms. The maximum Gasteiger partial charge on any atom is 0.331 e. The number of aryl methyl sites for hydroxylation is 1. The fourth-order valence-electron chi connectivity index (χ4n) is 2.85. The summed E-state index contributed by atoms with van der Waals surface area (Å²) in [5, 5.41) is 0. The third kappa shape index (κ3) is 3.88. The molecule has 0 saturated carbocycles. The van der Waals surface area contributed by atoms with E-state index in [9.17, 15) is 14.4 Å². The molecule has 0 N–H and O–H groups in total. The smallest absolute Gasteiger partial charge is 0.331 e. The average Bonchev–Trinajstić information content (AvgIpc) is 2.91. The minimum Gasteiger partial charge on any atom is -0.454 e. The standard InChI is InChI=1S/C21H19NO4/c1-14-4-3-5-15(10-14)6-9-21(25)26-13-19(23)16-7-8-18-17(11-16)12-20(24)22(18)2/h3-11H,12-13H2,1-2H3/b9-6+. The molecular weight excluding hydrogens is 330 g/mol. The third-order valence-electron chi connectivity index (χ3n) is 4.28. The molecular formula is C21H19NO4. The van der Waals surface area contributed by atoms with Crippen molar-refractivity contribution in [2.45, 2.75) is 13.3 Å². The van der Waals surface area contributed by atoms with Gasteiger partial charge in [0.25, 0.3) is 0 Å². The van der Waals surface area contributed by atoms with Crippen LogP contribution < -0.4 is 4.90 Å². The minimum atomic E-state index is -0.573. The largest absolute Gasteiger partial charge is 0.454 e. The molecule has 0 aliphatic carbocycles. The molecule has 5 nitrogen and oxygen atoms in total. The number of carbonyl (C=O) groups excluding carboxylic acids is 3. The van der Waals surface area contributed by atoms with Crippen LogP contribution in [-0.2, 0) is 20.7 Å². The van der Waals surface area contributed by atoms with Crippen molar-refractivity contribution in [2.24, 2.45) is 0 Å². The number of Topliss-reactive ketones (excluding diaryl/α,β-unsaturated/α-hetero) is 1. The second-order valence-electron chi connectivity index (χ2n) is 6.25. The molecule has 0 atom stereocenters. The first-order valence-electron chi connectivity index (χ1n) is 8.28. The van der Waals surface area contributed by atoms with Gasteiger partial charge < -0.3 is 9.64 Å². The molecule has 0 aromatic heterocycles. The SMILES string of the molecule is Cc1cccc(/C=C/C(=O)OCC(=O)c2ccc3c(c2)CC(=O)N3C)c1. The Labute approximate surface area is 151 Å². The van der Waals surface area contributed by atoms with Crippen LogP contribution in [0.1, 0.15) is 27.0 Å². The van der Waals surface area contributed by atoms with Gasteiger partial charge in [-0.1, -0.05) is 29.8 Å². The molecule has 1 heterocycles. The van der Waals surface area contributed by atoms with Crippen LogP contribution in [0.15, 0.2) is 48.5 Å². The Kier molecular flexibility index (Phi) is 4.98. The summed E-state index contributed by atoms with van der Waals surface area (Å²) in [6.07, 6.45) is 3.24. The van der Waals surface area contributed by atoms with Gasteiger partial charge in [0, 0.05) is 24.4 Å². The first-order valence-corrected chi connectivity index (χ1v) is 8.28. The van der Waals surface area contributed by atoms with E-state index >= 15 is 0 Å². The summed E-state index contributed by atoms with van der Waals surface area (Å²) < 4.78 is 5.02. The molecule has 2 aromatic rings. The number of benzene rings is 2. The maximum absolute atomic E-state index is 12.2. The Balaban J connectivity index is 1.58.